The SMILES string of the molecule is Cn1cc(C2CCCN(C(=O)c3ccccc3F)C2)cn1. The van der Waals surface area contributed by atoms with E-state index < -0.39 is 5.82 Å². The van der Waals surface area contributed by atoms with Crippen LogP contribution in [0.3, 0.4) is 0 Å². The first-order valence-electron chi connectivity index (χ1n) is 7.17. The summed E-state index contributed by atoms with van der Waals surface area (Å²) in [7, 11) is 1.88. The molecule has 2 aromatic rings. The molecule has 5 heteroatoms. The van der Waals surface area contributed by atoms with Crippen molar-refractivity contribution in [1.82, 2.24) is 14.7 Å². The Bertz CT molecular complexity index is 652. The van der Waals surface area contributed by atoms with Gasteiger partial charge in [-0.1, -0.05) is 12.1 Å². The lowest BCUT2D eigenvalue weighted by atomic mass is 9.92. The van der Waals surface area contributed by atoms with Crippen LogP contribution in [0.4, 0.5) is 4.39 Å². The summed E-state index contributed by atoms with van der Waals surface area (Å²) in [5.41, 5.74) is 1.30. The molecule has 1 fully saturated rings. The van der Waals surface area contributed by atoms with Crippen LogP contribution >= 0.6 is 0 Å². The fourth-order valence-electron chi connectivity index (χ4n) is 2.89. The largest absolute Gasteiger partial charge is 0.338 e. The maximum Gasteiger partial charge on any atom is 0.256 e. The van der Waals surface area contributed by atoms with E-state index in [9.17, 15) is 9.18 Å². The van der Waals surface area contributed by atoms with Gasteiger partial charge in [0.25, 0.3) is 5.91 Å². The molecule has 1 atom stereocenters. The minimum Gasteiger partial charge on any atom is -0.338 e. The van der Waals surface area contributed by atoms with Gasteiger partial charge in [-0.15, -0.1) is 0 Å². The first-order valence-corrected chi connectivity index (χ1v) is 7.17. The zero-order valence-corrected chi connectivity index (χ0v) is 12.0. The minimum atomic E-state index is -0.453. The molecule has 2 heterocycles. The van der Waals surface area contributed by atoms with Crippen LogP contribution in [0.2, 0.25) is 0 Å². The lowest BCUT2D eigenvalue weighted by Gasteiger charge is -2.32. The summed E-state index contributed by atoms with van der Waals surface area (Å²) in [5.74, 6) is -0.393. The number of aromatic nitrogens is 2. The van der Waals surface area contributed by atoms with Crippen molar-refractivity contribution < 1.29 is 9.18 Å². The van der Waals surface area contributed by atoms with E-state index >= 15 is 0 Å². The minimum absolute atomic E-state index is 0.157. The Labute approximate surface area is 123 Å². The fraction of sp³-hybridized carbons (Fsp3) is 0.375. The van der Waals surface area contributed by atoms with Gasteiger partial charge in [-0.05, 0) is 30.5 Å². The van der Waals surface area contributed by atoms with Crippen LogP contribution in [0.25, 0.3) is 0 Å². The number of hydrogen-bond acceptors (Lipinski definition) is 2. The summed E-state index contributed by atoms with van der Waals surface area (Å²) in [6, 6.07) is 6.17. The van der Waals surface area contributed by atoms with Crippen molar-refractivity contribution in [3.8, 4) is 0 Å². The number of halogens is 1. The van der Waals surface area contributed by atoms with E-state index in [1.807, 2.05) is 19.4 Å². The van der Waals surface area contributed by atoms with Crippen LogP contribution in [0, 0.1) is 5.82 Å². The third-order valence-corrected chi connectivity index (χ3v) is 4.01. The predicted octanol–water partition coefficient (Wildman–Crippen LogP) is 2.58. The molecule has 0 N–H and O–H groups in total. The standard InChI is InChI=1S/C16H18FN3O/c1-19-10-13(9-18-19)12-5-4-8-20(11-12)16(21)14-6-2-3-7-15(14)17/h2-3,6-7,9-10,12H,4-5,8,11H2,1H3. The molecule has 1 aliphatic rings. The Balaban J connectivity index is 1.77. The second-order valence-electron chi connectivity index (χ2n) is 5.52. The summed E-state index contributed by atoms with van der Waals surface area (Å²) in [4.78, 5) is 14.2. The number of carbonyl (C=O) groups is 1. The van der Waals surface area contributed by atoms with E-state index in [0.29, 0.717) is 13.1 Å². The summed E-state index contributed by atoms with van der Waals surface area (Å²) in [5, 5.41) is 4.19. The summed E-state index contributed by atoms with van der Waals surface area (Å²) >= 11 is 0. The average Bonchev–Trinajstić information content (AvgIpc) is 2.94. The molecule has 1 amide bonds. The topological polar surface area (TPSA) is 38.1 Å². The van der Waals surface area contributed by atoms with Gasteiger partial charge in [0.15, 0.2) is 0 Å². The van der Waals surface area contributed by atoms with Crippen LogP contribution < -0.4 is 0 Å². The van der Waals surface area contributed by atoms with Gasteiger partial charge in [0.05, 0.1) is 11.8 Å². The third kappa shape index (κ3) is 2.82. The lowest BCUT2D eigenvalue weighted by Crippen LogP contribution is -2.39. The van der Waals surface area contributed by atoms with Gasteiger partial charge < -0.3 is 4.90 Å². The number of likely N-dealkylation sites (tertiary alicyclic amines) is 1. The smallest absolute Gasteiger partial charge is 0.256 e. The lowest BCUT2D eigenvalue weighted by molar-refractivity contribution is 0.0702. The Kier molecular flexibility index (Phi) is 3.73. The monoisotopic (exact) mass is 287 g/mol. The molecule has 0 radical (unpaired) electrons. The third-order valence-electron chi connectivity index (χ3n) is 4.01. The maximum atomic E-state index is 13.8. The number of rotatable bonds is 2. The zero-order chi connectivity index (χ0) is 14.8. The molecule has 110 valence electrons. The maximum absolute atomic E-state index is 13.8. The highest BCUT2D eigenvalue weighted by atomic mass is 19.1. The quantitative estimate of drug-likeness (QED) is 0.851. The van der Waals surface area contributed by atoms with Crippen LogP contribution in [-0.2, 0) is 7.05 Å². The predicted molar refractivity (Wildman–Crippen MR) is 77.5 cm³/mol. The van der Waals surface area contributed by atoms with Crippen molar-refractivity contribution >= 4 is 5.91 Å². The highest BCUT2D eigenvalue weighted by Crippen LogP contribution is 2.27. The molecule has 0 spiro atoms. The van der Waals surface area contributed by atoms with Crippen LogP contribution in [0.1, 0.15) is 34.7 Å². The zero-order valence-electron chi connectivity index (χ0n) is 12.0. The number of hydrogen-bond donors (Lipinski definition) is 0. The van der Waals surface area contributed by atoms with Gasteiger partial charge in [0.1, 0.15) is 5.82 Å². The van der Waals surface area contributed by atoms with Crippen LogP contribution in [0.5, 0.6) is 0 Å². The number of piperidine rings is 1. The molecule has 4 nitrogen and oxygen atoms in total. The van der Waals surface area contributed by atoms with E-state index in [1.165, 1.54) is 6.07 Å². The molecule has 0 aliphatic carbocycles. The molecule has 0 bridgehead atoms. The Morgan fingerprint density at radius 3 is 2.90 bits per heavy atom. The fourth-order valence-corrected chi connectivity index (χ4v) is 2.89. The number of carbonyl (C=O) groups excluding carboxylic acids is 1. The van der Waals surface area contributed by atoms with E-state index in [0.717, 1.165) is 18.4 Å². The van der Waals surface area contributed by atoms with Crippen molar-refractivity contribution in [2.75, 3.05) is 13.1 Å². The van der Waals surface area contributed by atoms with Gasteiger partial charge in [0.2, 0.25) is 0 Å². The van der Waals surface area contributed by atoms with Gasteiger partial charge in [-0.3, -0.25) is 9.48 Å². The highest BCUT2D eigenvalue weighted by molar-refractivity contribution is 5.94. The summed E-state index contributed by atoms with van der Waals surface area (Å²) in [6.07, 6.45) is 5.80. The molecule has 1 saturated heterocycles. The molecular weight excluding hydrogens is 269 g/mol. The van der Waals surface area contributed by atoms with Crippen molar-refractivity contribution in [2.45, 2.75) is 18.8 Å². The first kappa shape index (κ1) is 13.8. The normalized spacial score (nSPS) is 18.8. The van der Waals surface area contributed by atoms with Crippen molar-refractivity contribution in [2.24, 2.45) is 7.05 Å². The molecule has 1 unspecified atom stereocenters. The summed E-state index contributed by atoms with van der Waals surface area (Å²) < 4.78 is 15.5. The number of benzene rings is 1. The number of nitrogens with zero attached hydrogens (tertiary/aromatic N) is 3. The molecule has 0 saturated carbocycles. The van der Waals surface area contributed by atoms with Gasteiger partial charge >= 0.3 is 0 Å². The highest BCUT2D eigenvalue weighted by Gasteiger charge is 2.27. The Morgan fingerprint density at radius 1 is 1.38 bits per heavy atom. The van der Waals surface area contributed by atoms with Gasteiger partial charge in [0, 0.05) is 32.3 Å². The molecule has 1 aromatic heterocycles. The van der Waals surface area contributed by atoms with E-state index in [2.05, 4.69) is 5.10 Å². The first-order chi connectivity index (χ1) is 10.1. The Morgan fingerprint density at radius 2 is 2.19 bits per heavy atom. The molecular formula is C16H18FN3O. The van der Waals surface area contributed by atoms with Crippen LogP contribution in [-0.4, -0.2) is 33.7 Å². The van der Waals surface area contributed by atoms with E-state index in [-0.39, 0.29) is 17.4 Å². The number of amides is 1. The molecule has 1 aliphatic heterocycles. The van der Waals surface area contributed by atoms with Crippen LogP contribution in [0.15, 0.2) is 36.7 Å². The number of aryl methyl sites for hydroxylation is 1. The molecule has 21 heavy (non-hydrogen) atoms. The molecule has 3 rings (SSSR count). The van der Waals surface area contributed by atoms with Crippen molar-refractivity contribution in [3.63, 3.8) is 0 Å². The average molecular weight is 287 g/mol. The van der Waals surface area contributed by atoms with Crippen molar-refractivity contribution in [1.29, 1.82) is 0 Å². The van der Waals surface area contributed by atoms with E-state index in [4.69, 9.17) is 0 Å². The van der Waals surface area contributed by atoms with E-state index in [1.54, 1.807) is 27.8 Å². The molecule has 1 aromatic carbocycles. The second kappa shape index (κ2) is 5.68. The van der Waals surface area contributed by atoms with Gasteiger partial charge in [-0.2, -0.15) is 5.10 Å². The van der Waals surface area contributed by atoms with Crippen molar-refractivity contribution in [3.05, 3.63) is 53.6 Å². The Hall–Kier alpha value is -2.17. The summed E-state index contributed by atoms with van der Waals surface area (Å²) in [6.45, 7) is 1.31. The van der Waals surface area contributed by atoms with Gasteiger partial charge in [-0.25, -0.2) is 4.39 Å². The second-order valence-corrected chi connectivity index (χ2v) is 5.52.